The van der Waals surface area contributed by atoms with Crippen molar-refractivity contribution in [3.05, 3.63) is 70.3 Å². The Hall–Kier alpha value is -2.19. The van der Waals surface area contributed by atoms with Gasteiger partial charge in [-0.15, -0.1) is 0 Å². The number of carbonyl (C=O) groups is 1. The number of nitrogens with zero attached hydrogens (tertiary/aromatic N) is 1. The molecule has 2 heterocycles. The van der Waals surface area contributed by atoms with E-state index in [2.05, 4.69) is 35.6 Å². The van der Waals surface area contributed by atoms with Crippen LogP contribution in [0.15, 0.2) is 42.5 Å². The van der Waals surface area contributed by atoms with E-state index in [4.69, 9.17) is 5.73 Å². The van der Waals surface area contributed by atoms with Gasteiger partial charge in [-0.1, -0.05) is 62.1 Å². The molecule has 5 rings (SSSR count). The molecular weight excluding hydrogens is 449 g/mol. The van der Waals surface area contributed by atoms with Gasteiger partial charge in [0.25, 0.3) is 5.91 Å². The molecule has 0 spiro atoms. The fraction of sp³-hybridized carbons (Fsp3) is 0.552. The Morgan fingerprint density at radius 1 is 1.00 bits per heavy atom. The number of carbonyl (C=O) groups excluding carboxylic acids is 1. The lowest BCUT2D eigenvalue weighted by atomic mass is 9.63. The molecule has 5 N–H and O–H groups in total. The molecule has 1 saturated heterocycles. The summed E-state index contributed by atoms with van der Waals surface area (Å²) in [4.78, 5) is 15.8. The fourth-order valence-corrected chi connectivity index (χ4v) is 6.80. The summed E-state index contributed by atoms with van der Waals surface area (Å²) in [6.07, 6.45) is 9.28. The van der Waals surface area contributed by atoms with Crippen LogP contribution in [0, 0.1) is 5.92 Å². The molecular formula is C29H40BN3O3. The topological polar surface area (TPSA) is 98.8 Å². The van der Waals surface area contributed by atoms with E-state index in [0.29, 0.717) is 43.6 Å². The van der Waals surface area contributed by atoms with Crippen molar-refractivity contribution in [3.8, 4) is 0 Å². The fourth-order valence-electron chi connectivity index (χ4n) is 6.80. The molecule has 0 bridgehead atoms. The Morgan fingerprint density at radius 2 is 1.72 bits per heavy atom. The Balaban J connectivity index is 1.38. The highest BCUT2D eigenvalue weighted by atomic mass is 16.4. The van der Waals surface area contributed by atoms with E-state index in [9.17, 15) is 14.8 Å². The highest BCUT2D eigenvalue weighted by Gasteiger charge is 2.40. The smallest absolute Gasteiger partial charge is 0.427 e. The molecule has 2 aromatic carbocycles. The number of hydrogen-bond donors (Lipinski definition) is 4. The van der Waals surface area contributed by atoms with Crippen LogP contribution in [0.4, 0.5) is 0 Å². The van der Waals surface area contributed by atoms with Crippen LogP contribution in [-0.2, 0) is 6.54 Å². The first-order valence-electron chi connectivity index (χ1n) is 13.9. The third-order valence-corrected chi connectivity index (χ3v) is 8.81. The molecule has 2 aromatic rings. The van der Waals surface area contributed by atoms with E-state index in [0.717, 1.165) is 29.5 Å². The highest BCUT2D eigenvalue weighted by molar-refractivity contribution is 6.43. The number of nitrogens with two attached hydrogens (primary N) is 1. The summed E-state index contributed by atoms with van der Waals surface area (Å²) >= 11 is 0. The normalized spacial score (nSPS) is 23.7. The summed E-state index contributed by atoms with van der Waals surface area (Å²) in [6.45, 7) is 2.43. The predicted molar refractivity (Wildman–Crippen MR) is 144 cm³/mol. The van der Waals surface area contributed by atoms with Crippen molar-refractivity contribution < 1.29 is 14.8 Å². The minimum absolute atomic E-state index is 0.0215. The van der Waals surface area contributed by atoms with E-state index >= 15 is 0 Å². The van der Waals surface area contributed by atoms with Gasteiger partial charge in [0, 0.05) is 43.6 Å². The maximum absolute atomic E-state index is 13.8. The van der Waals surface area contributed by atoms with Gasteiger partial charge >= 0.3 is 7.12 Å². The molecule has 0 radical (unpaired) electrons. The number of amides is 1. The van der Waals surface area contributed by atoms with Gasteiger partial charge < -0.3 is 26.0 Å². The monoisotopic (exact) mass is 489 g/mol. The van der Waals surface area contributed by atoms with Gasteiger partial charge in [-0.3, -0.25) is 4.79 Å². The zero-order valence-corrected chi connectivity index (χ0v) is 21.2. The predicted octanol–water partition coefficient (Wildman–Crippen LogP) is 3.88. The van der Waals surface area contributed by atoms with Gasteiger partial charge in [-0.25, -0.2) is 0 Å². The largest absolute Gasteiger partial charge is 0.460 e. The third-order valence-electron chi connectivity index (χ3n) is 8.81. The van der Waals surface area contributed by atoms with Crippen molar-refractivity contribution in [3.63, 3.8) is 0 Å². The maximum Gasteiger partial charge on any atom is 0.460 e. The van der Waals surface area contributed by atoms with Gasteiger partial charge in [0.05, 0.1) is 0 Å². The van der Waals surface area contributed by atoms with Gasteiger partial charge in [-0.2, -0.15) is 0 Å². The van der Waals surface area contributed by atoms with E-state index in [1.165, 1.54) is 44.1 Å². The van der Waals surface area contributed by atoms with Crippen LogP contribution >= 0.6 is 0 Å². The number of piperidine rings is 1. The molecule has 2 fully saturated rings. The number of nitrogens with one attached hydrogen (secondary N) is 1. The Labute approximate surface area is 215 Å². The SMILES string of the molecule is NCc1cccc(C2CCN(C(=O)c3cccc4c3C(B(O)O)CNC4C3CCCCCC3)CC2)c1. The molecule has 192 valence electrons. The van der Waals surface area contributed by atoms with Crippen molar-refractivity contribution in [2.75, 3.05) is 19.6 Å². The summed E-state index contributed by atoms with van der Waals surface area (Å²) in [7, 11) is -1.50. The first kappa shape index (κ1) is 25.5. The Morgan fingerprint density at radius 3 is 2.42 bits per heavy atom. The first-order valence-corrected chi connectivity index (χ1v) is 13.9. The second kappa shape index (κ2) is 11.5. The molecule has 2 unspecified atom stereocenters. The second-order valence-corrected chi connectivity index (χ2v) is 11.0. The number of fused-ring (bicyclic) bond motifs is 1. The van der Waals surface area contributed by atoms with Crippen LogP contribution in [0.3, 0.4) is 0 Å². The molecule has 3 aliphatic rings. The minimum atomic E-state index is -1.50. The summed E-state index contributed by atoms with van der Waals surface area (Å²) in [5.74, 6) is 0.473. The number of likely N-dealkylation sites (tertiary alicyclic amines) is 1. The zero-order chi connectivity index (χ0) is 25.1. The maximum atomic E-state index is 13.8. The van der Waals surface area contributed by atoms with Gasteiger partial charge in [-0.05, 0) is 65.8 Å². The summed E-state index contributed by atoms with van der Waals surface area (Å²) in [6, 6.07) is 14.6. The van der Waals surface area contributed by atoms with Crippen molar-refractivity contribution in [2.24, 2.45) is 11.7 Å². The van der Waals surface area contributed by atoms with E-state index in [1.54, 1.807) is 0 Å². The van der Waals surface area contributed by atoms with Gasteiger partial charge in [0.2, 0.25) is 0 Å². The zero-order valence-electron chi connectivity index (χ0n) is 21.2. The standard InChI is InChI=1S/C29H40BN3O3/c31-18-20-7-5-10-23(17-20)21-13-15-33(16-14-21)29(34)25-12-6-11-24-27(25)26(30(35)36)19-32-28(24)22-8-3-1-2-4-9-22/h5-7,10-12,17,21-22,26,28,32,35-36H,1-4,8-9,13-16,18-19,31H2. The van der Waals surface area contributed by atoms with Gasteiger partial charge in [0.1, 0.15) is 0 Å². The lowest BCUT2D eigenvalue weighted by Gasteiger charge is -2.39. The Bertz CT molecular complexity index is 1050. The van der Waals surface area contributed by atoms with Crippen LogP contribution < -0.4 is 11.1 Å². The number of hydrogen-bond acceptors (Lipinski definition) is 5. The highest BCUT2D eigenvalue weighted by Crippen LogP contribution is 2.41. The summed E-state index contributed by atoms with van der Waals surface area (Å²) < 4.78 is 0. The van der Waals surface area contributed by atoms with Crippen LogP contribution in [0.5, 0.6) is 0 Å². The molecule has 2 aliphatic heterocycles. The molecule has 2 atom stereocenters. The molecule has 0 aromatic heterocycles. The van der Waals surface area contributed by atoms with E-state index in [-0.39, 0.29) is 11.9 Å². The molecule has 6 nitrogen and oxygen atoms in total. The average molecular weight is 489 g/mol. The van der Waals surface area contributed by atoms with Crippen molar-refractivity contribution in [2.45, 2.75) is 75.7 Å². The minimum Gasteiger partial charge on any atom is -0.427 e. The third kappa shape index (κ3) is 5.26. The van der Waals surface area contributed by atoms with Crippen LogP contribution in [0.25, 0.3) is 0 Å². The van der Waals surface area contributed by atoms with Crippen molar-refractivity contribution in [1.82, 2.24) is 10.2 Å². The van der Waals surface area contributed by atoms with Gasteiger partial charge in [0.15, 0.2) is 0 Å². The van der Waals surface area contributed by atoms with Crippen molar-refractivity contribution >= 4 is 13.0 Å². The Kier molecular flexibility index (Phi) is 8.11. The molecule has 1 aliphatic carbocycles. The quantitative estimate of drug-likeness (QED) is 0.378. The second-order valence-electron chi connectivity index (χ2n) is 11.0. The summed E-state index contributed by atoms with van der Waals surface area (Å²) in [5.41, 5.74) is 10.9. The van der Waals surface area contributed by atoms with E-state index in [1.807, 2.05) is 17.0 Å². The summed E-state index contributed by atoms with van der Waals surface area (Å²) in [5, 5.41) is 24.2. The molecule has 36 heavy (non-hydrogen) atoms. The lowest BCUT2D eigenvalue weighted by Crippen LogP contribution is -2.45. The lowest BCUT2D eigenvalue weighted by molar-refractivity contribution is 0.0711. The van der Waals surface area contributed by atoms with Crippen LogP contribution in [0.2, 0.25) is 0 Å². The van der Waals surface area contributed by atoms with Crippen molar-refractivity contribution in [1.29, 1.82) is 0 Å². The number of rotatable bonds is 5. The number of benzene rings is 2. The van der Waals surface area contributed by atoms with Crippen LogP contribution in [0.1, 0.15) is 102 Å². The van der Waals surface area contributed by atoms with Crippen LogP contribution in [-0.4, -0.2) is 47.6 Å². The van der Waals surface area contributed by atoms with E-state index < -0.39 is 12.9 Å². The molecule has 7 heteroatoms. The first-order chi connectivity index (χ1) is 17.6. The average Bonchev–Trinajstić information content (AvgIpc) is 3.21. The molecule has 1 saturated carbocycles. The molecule has 1 amide bonds.